The van der Waals surface area contributed by atoms with Gasteiger partial charge in [0.15, 0.2) is 0 Å². The number of sulfonamides is 1. The Balaban J connectivity index is 2.17. The van der Waals surface area contributed by atoms with Crippen LogP contribution in [-0.2, 0) is 10.0 Å². The Kier molecular flexibility index (Phi) is 4.84. The third-order valence-corrected chi connectivity index (χ3v) is 4.91. The minimum absolute atomic E-state index is 0.277. The summed E-state index contributed by atoms with van der Waals surface area (Å²) >= 11 is 0. The molecule has 3 nitrogen and oxygen atoms in total. The van der Waals surface area contributed by atoms with E-state index in [9.17, 15) is 8.42 Å². The largest absolute Gasteiger partial charge is 0.241 e. The zero-order chi connectivity index (χ0) is 16.2. The molecule has 0 unspecified atom stereocenters. The minimum Gasteiger partial charge on any atom is -0.207 e. The number of benzene rings is 2. The van der Waals surface area contributed by atoms with E-state index in [1.165, 1.54) is 0 Å². The van der Waals surface area contributed by atoms with Gasteiger partial charge in [-0.05, 0) is 38.5 Å². The summed E-state index contributed by atoms with van der Waals surface area (Å²) < 4.78 is 27.6. The van der Waals surface area contributed by atoms with Gasteiger partial charge in [0.25, 0.3) is 0 Å². The molecule has 0 aliphatic heterocycles. The predicted octanol–water partition coefficient (Wildman–Crippen LogP) is 3.77. The highest BCUT2D eigenvalue weighted by molar-refractivity contribution is 7.89. The maximum absolute atomic E-state index is 12.4. The van der Waals surface area contributed by atoms with E-state index in [1.54, 1.807) is 24.3 Å². The van der Waals surface area contributed by atoms with Gasteiger partial charge < -0.3 is 0 Å². The quantitative estimate of drug-likeness (QED) is 0.913. The molecule has 0 aliphatic rings. The van der Waals surface area contributed by atoms with Gasteiger partial charge in [-0.25, -0.2) is 13.1 Å². The lowest BCUT2D eigenvalue weighted by atomic mass is 10.1. The highest BCUT2D eigenvalue weighted by Crippen LogP contribution is 2.16. The van der Waals surface area contributed by atoms with Crippen molar-refractivity contribution < 1.29 is 8.42 Å². The van der Waals surface area contributed by atoms with Crippen LogP contribution in [0.3, 0.4) is 0 Å². The number of nitrogens with one attached hydrogen (secondary N) is 1. The Morgan fingerprint density at radius 1 is 0.955 bits per heavy atom. The van der Waals surface area contributed by atoms with Crippen molar-refractivity contribution in [2.75, 3.05) is 0 Å². The Hall–Kier alpha value is -1.91. The van der Waals surface area contributed by atoms with Crippen molar-refractivity contribution >= 4 is 16.1 Å². The van der Waals surface area contributed by atoms with Crippen LogP contribution in [0.15, 0.2) is 65.6 Å². The van der Waals surface area contributed by atoms with E-state index in [1.807, 2.05) is 63.3 Å². The first-order chi connectivity index (χ1) is 10.3. The van der Waals surface area contributed by atoms with Crippen molar-refractivity contribution in [3.05, 3.63) is 71.8 Å². The smallest absolute Gasteiger partial charge is 0.207 e. The first-order valence-electron chi connectivity index (χ1n) is 7.13. The van der Waals surface area contributed by atoms with Gasteiger partial charge in [-0.3, -0.25) is 0 Å². The molecule has 1 N–H and O–H groups in total. The van der Waals surface area contributed by atoms with Crippen LogP contribution in [0.1, 0.15) is 25.0 Å². The number of hydrogen-bond acceptors (Lipinski definition) is 2. The zero-order valence-corrected chi connectivity index (χ0v) is 13.9. The second-order valence-electron chi connectivity index (χ2n) is 5.88. The van der Waals surface area contributed by atoms with E-state index in [0.29, 0.717) is 0 Å². The van der Waals surface area contributed by atoms with Crippen molar-refractivity contribution in [3.63, 3.8) is 0 Å². The van der Waals surface area contributed by atoms with Crippen LogP contribution in [-0.4, -0.2) is 14.0 Å². The molecular formula is C18H21NO2S. The van der Waals surface area contributed by atoms with Crippen molar-refractivity contribution in [2.24, 2.45) is 0 Å². The molecule has 0 bridgehead atoms. The monoisotopic (exact) mass is 315 g/mol. The molecule has 0 fully saturated rings. The van der Waals surface area contributed by atoms with Crippen LogP contribution in [0.5, 0.6) is 0 Å². The van der Waals surface area contributed by atoms with E-state index in [2.05, 4.69) is 4.72 Å². The first kappa shape index (κ1) is 16.5. The average molecular weight is 315 g/mol. The lowest BCUT2D eigenvalue weighted by molar-refractivity contribution is 0.530. The summed E-state index contributed by atoms with van der Waals surface area (Å²) in [6, 6.07) is 16.6. The molecule has 2 aromatic rings. The van der Waals surface area contributed by atoms with E-state index < -0.39 is 15.6 Å². The molecule has 0 spiro atoms. The fourth-order valence-electron chi connectivity index (χ4n) is 2.03. The lowest BCUT2D eigenvalue weighted by Crippen LogP contribution is -2.41. The van der Waals surface area contributed by atoms with Crippen LogP contribution in [0, 0.1) is 6.92 Å². The van der Waals surface area contributed by atoms with Gasteiger partial charge in [0, 0.05) is 5.54 Å². The molecule has 2 rings (SSSR count). The van der Waals surface area contributed by atoms with Crippen LogP contribution in [0.4, 0.5) is 0 Å². The lowest BCUT2D eigenvalue weighted by Gasteiger charge is -2.22. The second-order valence-corrected chi connectivity index (χ2v) is 7.57. The average Bonchev–Trinajstić information content (AvgIpc) is 2.46. The fraction of sp³-hybridized carbons (Fsp3) is 0.222. The Bertz CT molecular complexity index is 745. The Morgan fingerprint density at radius 2 is 1.55 bits per heavy atom. The zero-order valence-electron chi connectivity index (χ0n) is 13.1. The van der Waals surface area contributed by atoms with Gasteiger partial charge in [0.2, 0.25) is 10.0 Å². The number of hydrogen-bond donors (Lipinski definition) is 1. The highest BCUT2D eigenvalue weighted by atomic mass is 32.2. The molecule has 0 saturated heterocycles. The van der Waals surface area contributed by atoms with Crippen LogP contribution >= 0.6 is 0 Å². The minimum atomic E-state index is -3.54. The van der Waals surface area contributed by atoms with Gasteiger partial charge in [-0.2, -0.15) is 0 Å². The van der Waals surface area contributed by atoms with E-state index in [0.717, 1.165) is 11.1 Å². The van der Waals surface area contributed by atoms with Crippen molar-refractivity contribution in [1.29, 1.82) is 0 Å². The molecule has 116 valence electrons. The van der Waals surface area contributed by atoms with Gasteiger partial charge in [-0.1, -0.05) is 60.2 Å². The van der Waals surface area contributed by atoms with Gasteiger partial charge >= 0.3 is 0 Å². The molecule has 0 heterocycles. The van der Waals surface area contributed by atoms with Gasteiger partial charge in [0.05, 0.1) is 4.90 Å². The predicted molar refractivity (Wildman–Crippen MR) is 91.1 cm³/mol. The molecule has 0 radical (unpaired) electrons. The Labute approximate surface area is 132 Å². The molecule has 0 amide bonds. The standard InChI is InChI=1S/C18H21NO2S/c1-15-9-11-17(12-10-15)22(20,21)19-18(2,3)14-13-16-7-5-4-6-8-16/h4-14,19H,1-3H3/b14-13+. The summed E-state index contributed by atoms with van der Waals surface area (Å²) in [5.41, 5.74) is 1.38. The molecular weight excluding hydrogens is 294 g/mol. The molecule has 22 heavy (non-hydrogen) atoms. The third kappa shape index (κ3) is 4.55. The topological polar surface area (TPSA) is 46.2 Å². The van der Waals surface area contributed by atoms with E-state index in [-0.39, 0.29) is 4.90 Å². The molecule has 0 atom stereocenters. The van der Waals surface area contributed by atoms with E-state index >= 15 is 0 Å². The van der Waals surface area contributed by atoms with E-state index in [4.69, 9.17) is 0 Å². The molecule has 0 aliphatic carbocycles. The second kappa shape index (κ2) is 6.46. The fourth-order valence-corrected chi connectivity index (χ4v) is 3.40. The third-order valence-electron chi connectivity index (χ3n) is 3.22. The van der Waals surface area contributed by atoms with Crippen LogP contribution in [0.2, 0.25) is 0 Å². The summed E-state index contributed by atoms with van der Waals surface area (Å²) in [6.07, 6.45) is 3.77. The maximum atomic E-state index is 12.4. The highest BCUT2D eigenvalue weighted by Gasteiger charge is 2.23. The maximum Gasteiger partial charge on any atom is 0.241 e. The van der Waals surface area contributed by atoms with Crippen LogP contribution in [0.25, 0.3) is 6.08 Å². The molecule has 0 saturated carbocycles. The van der Waals surface area contributed by atoms with Crippen molar-refractivity contribution in [3.8, 4) is 0 Å². The summed E-state index contributed by atoms with van der Waals surface area (Å²) in [6.45, 7) is 5.59. The van der Waals surface area contributed by atoms with Gasteiger partial charge in [-0.15, -0.1) is 0 Å². The molecule has 4 heteroatoms. The van der Waals surface area contributed by atoms with Crippen molar-refractivity contribution in [1.82, 2.24) is 4.72 Å². The molecule has 2 aromatic carbocycles. The number of aryl methyl sites for hydroxylation is 1. The van der Waals surface area contributed by atoms with Gasteiger partial charge in [0.1, 0.15) is 0 Å². The van der Waals surface area contributed by atoms with Crippen molar-refractivity contribution in [2.45, 2.75) is 31.2 Å². The molecule has 0 aromatic heterocycles. The summed E-state index contributed by atoms with van der Waals surface area (Å²) in [4.78, 5) is 0.277. The first-order valence-corrected chi connectivity index (χ1v) is 8.62. The SMILES string of the molecule is Cc1ccc(S(=O)(=O)NC(C)(C)/C=C/c2ccccc2)cc1. The van der Waals surface area contributed by atoms with Crippen LogP contribution < -0.4 is 4.72 Å². The summed E-state index contributed by atoms with van der Waals surface area (Å²) in [5, 5.41) is 0. The summed E-state index contributed by atoms with van der Waals surface area (Å²) in [7, 11) is -3.54. The summed E-state index contributed by atoms with van der Waals surface area (Å²) in [5.74, 6) is 0. The number of rotatable bonds is 5. The Morgan fingerprint density at radius 3 is 2.14 bits per heavy atom. The normalized spacial score (nSPS) is 12.7.